The van der Waals surface area contributed by atoms with Crippen LogP contribution in [0.1, 0.15) is 64.2 Å². The third-order valence-electron chi connectivity index (χ3n) is 10.8. The van der Waals surface area contributed by atoms with Crippen molar-refractivity contribution in [3.63, 3.8) is 0 Å². The fourth-order valence-corrected chi connectivity index (χ4v) is 10.8. The minimum atomic E-state index is -3.67. The predicted molar refractivity (Wildman–Crippen MR) is 231 cm³/mol. The summed E-state index contributed by atoms with van der Waals surface area (Å²) in [5.74, 6) is 0.777. The number of benzene rings is 3. The Morgan fingerprint density at radius 1 is 0.935 bits per heavy atom. The molecular formula is C45H58N6O10P+. The molecule has 2 unspecified atom stereocenters. The van der Waals surface area contributed by atoms with Gasteiger partial charge in [-0.15, -0.1) is 4.67 Å². The van der Waals surface area contributed by atoms with Crippen molar-refractivity contribution in [3.05, 3.63) is 108 Å². The lowest BCUT2D eigenvalue weighted by Gasteiger charge is -2.39. The highest BCUT2D eigenvalue weighted by Crippen LogP contribution is 2.63. The molecule has 1 fully saturated rings. The number of nitriles is 2. The summed E-state index contributed by atoms with van der Waals surface area (Å²) >= 11 is 0. The van der Waals surface area contributed by atoms with E-state index in [9.17, 15) is 19.7 Å². The number of carbonyl (C=O) groups excluding carboxylic acids is 2. The average molecular weight is 874 g/mol. The fraction of sp³-hybridized carbons (Fsp3) is 0.467. The van der Waals surface area contributed by atoms with E-state index in [0.29, 0.717) is 11.5 Å². The molecule has 3 aromatic rings. The SMILES string of the molecule is COc1ccc(C(OC[C@H]2O[C@@H](N3C=CC(N)(C(C)=O)NC3=O)[C@H](OCOCCC#N)[C@@H]2O[P+](O)(CCC#N)N(C(C)C)C(C)C)(c2ccccc2)c2ccc(OC)cc2)cc1. The molecule has 0 spiro atoms. The molecule has 0 aromatic heterocycles. The smallest absolute Gasteiger partial charge is 0.347 e. The summed E-state index contributed by atoms with van der Waals surface area (Å²) in [6.45, 7) is 8.50. The Bertz CT molecular complexity index is 2010. The van der Waals surface area contributed by atoms with Gasteiger partial charge in [0.05, 0.1) is 52.4 Å². The van der Waals surface area contributed by atoms with Gasteiger partial charge < -0.3 is 33.7 Å². The highest BCUT2D eigenvalue weighted by molar-refractivity contribution is 7.63. The molecule has 3 aromatic carbocycles. The van der Waals surface area contributed by atoms with Crippen LogP contribution >= 0.6 is 7.87 Å². The van der Waals surface area contributed by atoms with E-state index >= 15 is 0 Å². The second kappa shape index (κ2) is 21.4. The van der Waals surface area contributed by atoms with Gasteiger partial charge in [-0.1, -0.05) is 54.6 Å². The number of carbonyl (C=O) groups is 2. The Kier molecular flexibility index (Phi) is 16.6. The Balaban J connectivity index is 1.70. The number of amides is 2. The maximum atomic E-state index is 13.9. The Hall–Kier alpha value is -4.97. The van der Waals surface area contributed by atoms with E-state index in [4.69, 9.17) is 43.9 Å². The molecule has 6 atom stereocenters. The number of hydrogen-bond donors (Lipinski definition) is 3. The van der Waals surface area contributed by atoms with Crippen molar-refractivity contribution in [2.75, 3.05) is 40.4 Å². The summed E-state index contributed by atoms with van der Waals surface area (Å²) < 4.78 is 46.1. The van der Waals surface area contributed by atoms with E-state index < -0.39 is 55.5 Å². The second-order valence-electron chi connectivity index (χ2n) is 15.5. The van der Waals surface area contributed by atoms with Crippen LogP contribution in [-0.4, -0.2) is 109 Å². The van der Waals surface area contributed by atoms with Crippen LogP contribution in [-0.2, 0) is 33.9 Å². The Morgan fingerprint density at radius 2 is 1.50 bits per heavy atom. The molecule has 2 amide bonds. The molecule has 0 saturated carbocycles. The van der Waals surface area contributed by atoms with Crippen LogP contribution in [0.5, 0.6) is 11.5 Å². The van der Waals surface area contributed by atoms with Gasteiger partial charge >= 0.3 is 13.9 Å². The fourth-order valence-electron chi connectivity index (χ4n) is 7.84. The van der Waals surface area contributed by atoms with Crippen molar-refractivity contribution in [2.45, 2.75) is 95.3 Å². The molecule has 0 radical (unpaired) electrons. The number of hydrogen-bond acceptors (Lipinski definition) is 14. The summed E-state index contributed by atoms with van der Waals surface area (Å²) in [7, 11) is -0.494. The number of nitrogens with two attached hydrogens (primary N) is 1. The van der Waals surface area contributed by atoms with Gasteiger partial charge in [-0.2, -0.15) is 15.0 Å². The van der Waals surface area contributed by atoms with Gasteiger partial charge in [-0.05, 0) is 81.7 Å². The molecule has 16 nitrogen and oxygen atoms in total. The van der Waals surface area contributed by atoms with Gasteiger partial charge in [0.15, 0.2) is 23.8 Å². The zero-order valence-corrected chi connectivity index (χ0v) is 37.2. The molecule has 17 heteroatoms. The third kappa shape index (κ3) is 10.6. The normalized spacial score (nSPS) is 22.3. The highest BCUT2D eigenvalue weighted by atomic mass is 31.2. The molecule has 2 heterocycles. The first kappa shape index (κ1) is 48.1. The Labute approximate surface area is 364 Å². The predicted octanol–water partition coefficient (Wildman–Crippen LogP) is 5.97. The number of rotatable bonds is 22. The monoisotopic (exact) mass is 873 g/mol. The summed E-state index contributed by atoms with van der Waals surface area (Å²) in [5.41, 5.74) is 5.43. The van der Waals surface area contributed by atoms with Crippen molar-refractivity contribution >= 4 is 19.7 Å². The maximum absolute atomic E-state index is 13.9. The first-order valence-corrected chi connectivity index (χ1v) is 22.2. The Morgan fingerprint density at radius 3 is 2.00 bits per heavy atom. The lowest BCUT2D eigenvalue weighted by Crippen LogP contribution is -2.65. The molecule has 2 aliphatic rings. The van der Waals surface area contributed by atoms with E-state index in [1.54, 1.807) is 14.2 Å². The number of nitrogens with zero attached hydrogens (tertiary/aromatic N) is 4. The van der Waals surface area contributed by atoms with Crippen LogP contribution in [0.3, 0.4) is 0 Å². The van der Waals surface area contributed by atoms with Crippen molar-refractivity contribution in [1.29, 1.82) is 10.5 Å². The van der Waals surface area contributed by atoms with Gasteiger partial charge in [0.1, 0.15) is 42.3 Å². The number of ketones is 1. The molecule has 0 bridgehead atoms. The van der Waals surface area contributed by atoms with E-state index in [1.165, 1.54) is 24.1 Å². The van der Waals surface area contributed by atoms with Gasteiger partial charge in [0.25, 0.3) is 0 Å². The quantitative estimate of drug-likeness (QED) is 0.0460. The average Bonchev–Trinajstić information content (AvgIpc) is 3.58. The van der Waals surface area contributed by atoms with Gasteiger partial charge in [0.2, 0.25) is 0 Å². The highest BCUT2D eigenvalue weighted by Gasteiger charge is 2.60. The van der Waals surface area contributed by atoms with Gasteiger partial charge in [-0.25, -0.2) is 9.69 Å². The van der Waals surface area contributed by atoms with Crippen LogP contribution in [0.2, 0.25) is 0 Å². The summed E-state index contributed by atoms with van der Waals surface area (Å²) in [5, 5.41) is 21.5. The number of urea groups is 1. The van der Waals surface area contributed by atoms with Crippen LogP contribution < -0.4 is 20.5 Å². The topological polar surface area (TPSA) is 211 Å². The molecule has 5 rings (SSSR count). The van der Waals surface area contributed by atoms with Crippen molar-refractivity contribution in [2.24, 2.45) is 5.73 Å². The maximum Gasteiger partial charge on any atom is 0.347 e. The van der Waals surface area contributed by atoms with E-state index in [2.05, 4.69) is 11.4 Å². The van der Waals surface area contributed by atoms with Gasteiger partial charge in [0, 0.05) is 18.3 Å². The first-order chi connectivity index (χ1) is 29.7. The van der Waals surface area contributed by atoms with Crippen LogP contribution in [0, 0.1) is 22.7 Å². The van der Waals surface area contributed by atoms with Crippen LogP contribution in [0.25, 0.3) is 0 Å². The minimum absolute atomic E-state index is 0.00987. The van der Waals surface area contributed by atoms with E-state index in [-0.39, 0.29) is 51.1 Å². The number of Topliss-reactive ketones (excluding diaryl/α,β-unsaturated/α-hetero) is 1. The minimum Gasteiger partial charge on any atom is -0.497 e. The first-order valence-electron chi connectivity index (χ1n) is 20.4. The van der Waals surface area contributed by atoms with E-state index in [1.807, 2.05) is 117 Å². The summed E-state index contributed by atoms with van der Waals surface area (Å²) in [6, 6.07) is 27.7. The largest absolute Gasteiger partial charge is 0.497 e. The lowest BCUT2D eigenvalue weighted by molar-refractivity contribution is -0.141. The zero-order valence-electron chi connectivity index (χ0n) is 36.3. The number of methoxy groups -OCH3 is 2. The molecule has 2 aliphatic heterocycles. The van der Waals surface area contributed by atoms with Crippen molar-refractivity contribution in [3.8, 4) is 23.6 Å². The van der Waals surface area contributed by atoms with Crippen molar-refractivity contribution < 1.29 is 47.4 Å². The van der Waals surface area contributed by atoms with Gasteiger partial charge in [-0.3, -0.25) is 15.4 Å². The van der Waals surface area contributed by atoms with Crippen LogP contribution in [0.4, 0.5) is 4.79 Å². The molecule has 1 saturated heterocycles. The second-order valence-corrected chi connectivity index (χ2v) is 17.9. The van der Waals surface area contributed by atoms with Crippen LogP contribution in [0.15, 0.2) is 91.1 Å². The molecule has 62 heavy (non-hydrogen) atoms. The number of nitrogens with one attached hydrogen (secondary N) is 1. The zero-order chi connectivity index (χ0) is 45.1. The summed E-state index contributed by atoms with van der Waals surface area (Å²) in [6.07, 6.45) is -1.90. The third-order valence-corrected chi connectivity index (χ3v) is 13.8. The molecular weight excluding hydrogens is 816 g/mol. The molecule has 4 N–H and O–H groups in total. The molecule has 332 valence electrons. The number of ether oxygens (including phenoxy) is 6. The standard InChI is InChI=1S/C45H57N6O10P/c1-31(2)51(32(3)4)62(54,28-12-25-47)61-40-39(60-42(41(40)58-30-57-27-11-24-46)50-26-23-44(48,33(5)52)49-43(50)53)29-59-45(34-13-9-8-10-14-34,35-15-19-37(55-6)20-16-35)36-17-21-38(56-7)22-18-36/h8-10,13-23,26,31-32,39-42,54H,11-12,27-30,48H2,1-7H3/p+1/t39-,40-,41-,42-,44?,62?/m1/s1. The molecule has 0 aliphatic carbocycles. The van der Waals surface area contributed by atoms with E-state index in [0.717, 1.165) is 16.7 Å². The summed E-state index contributed by atoms with van der Waals surface area (Å²) in [4.78, 5) is 40.4. The lowest BCUT2D eigenvalue weighted by atomic mass is 9.80. The van der Waals surface area contributed by atoms with Crippen molar-refractivity contribution in [1.82, 2.24) is 14.9 Å².